The molecule has 0 amide bonds. The third-order valence-corrected chi connectivity index (χ3v) is 9.09. The number of carbonyl (C=O) groups excluding carboxylic acids is 1. The molecule has 0 aromatic rings. The number of phosphoric acid groups is 1. The molecular formula is C43H76NO7P. The lowest BCUT2D eigenvalue weighted by Gasteiger charge is -2.20. The highest BCUT2D eigenvalue weighted by Crippen LogP contribution is 2.43. The number of rotatable bonds is 38. The molecule has 2 atom stereocenters. The summed E-state index contributed by atoms with van der Waals surface area (Å²) in [6.07, 6.45) is 49.1. The summed E-state index contributed by atoms with van der Waals surface area (Å²) in [5, 5.41) is 0. The van der Waals surface area contributed by atoms with Gasteiger partial charge in [0.05, 0.1) is 19.8 Å². The molecule has 300 valence electrons. The number of unbranched alkanes of at least 4 members (excludes halogenated alkanes) is 13. The number of carbonyl (C=O) groups is 1. The van der Waals surface area contributed by atoms with Crippen LogP contribution in [-0.4, -0.2) is 49.9 Å². The van der Waals surface area contributed by atoms with Gasteiger partial charge in [-0.3, -0.25) is 13.8 Å². The van der Waals surface area contributed by atoms with Gasteiger partial charge in [0.2, 0.25) is 0 Å². The predicted octanol–water partition coefficient (Wildman–Crippen LogP) is 12.0. The van der Waals surface area contributed by atoms with Crippen LogP contribution < -0.4 is 5.73 Å². The summed E-state index contributed by atoms with van der Waals surface area (Å²) < 4.78 is 33.3. The lowest BCUT2D eigenvalue weighted by Crippen LogP contribution is -2.28. The van der Waals surface area contributed by atoms with Crippen LogP contribution in [0, 0.1) is 0 Å². The highest BCUT2D eigenvalue weighted by atomic mass is 31.2. The number of ether oxygens (including phenoxy) is 2. The van der Waals surface area contributed by atoms with Crippen molar-refractivity contribution in [3.63, 3.8) is 0 Å². The molecule has 9 heteroatoms. The zero-order chi connectivity index (χ0) is 38.1. The molecule has 0 aliphatic rings. The maximum absolute atomic E-state index is 12.6. The van der Waals surface area contributed by atoms with Gasteiger partial charge in [-0.1, -0.05) is 138 Å². The van der Waals surface area contributed by atoms with Gasteiger partial charge in [-0.2, -0.15) is 0 Å². The SMILES string of the molecule is CC/C=C\C/C=C\C/C=C\C/C=C\CCCCCCC(=O)OC(COCCCCCCCC/C=C\C/C=C\CCCCC)COP(=O)(O)OCCN. The van der Waals surface area contributed by atoms with Crippen LogP contribution >= 0.6 is 7.82 Å². The van der Waals surface area contributed by atoms with E-state index < -0.39 is 13.9 Å². The van der Waals surface area contributed by atoms with Crippen LogP contribution in [0.4, 0.5) is 0 Å². The van der Waals surface area contributed by atoms with Crippen LogP contribution in [0.25, 0.3) is 0 Å². The molecule has 0 bridgehead atoms. The van der Waals surface area contributed by atoms with Crippen molar-refractivity contribution < 1.29 is 32.8 Å². The Labute approximate surface area is 318 Å². The van der Waals surface area contributed by atoms with Gasteiger partial charge in [-0.15, -0.1) is 0 Å². The molecule has 0 radical (unpaired) electrons. The summed E-state index contributed by atoms with van der Waals surface area (Å²) in [7, 11) is -4.29. The van der Waals surface area contributed by atoms with Crippen LogP contribution in [0.3, 0.4) is 0 Å². The van der Waals surface area contributed by atoms with E-state index >= 15 is 0 Å². The maximum atomic E-state index is 12.6. The Morgan fingerprint density at radius 2 is 1.08 bits per heavy atom. The molecule has 0 aliphatic carbocycles. The molecule has 0 saturated heterocycles. The first-order chi connectivity index (χ1) is 25.4. The molecule has 2 unspecified atom stereocenters. The summed E-state index contributed by atoms with van der Waals surface area (Å²) in [4.78, 5) is 22.4. The minimum absolute atomic E-state index is 0.0903. The van der Waals surface area contributed by atoms with Gasteiger partial charge in [-0.05, 0) is 83.5 Å². The number of allylic oxidation sites excluding steroid dienone is 12. The average Bonchev–Trinajstić information content (AvgIpc) is 3.13. The van der Waals surface area contributed by atoms with Gasteiger partial charge < -0.3 is 20.1 Å². The van der Waals surface area contributed by atoms with E-state index in [9.17, 15) is 14.3 Å². The van der Waals surface area contributed by atoms with Crippen molar-refractivity contribution in [2.75, 3.05) is 33.0 Å². The molecule has 0 aliphatic heterocycles. The van der Waals surface area contributed by atoms with Crippen LogP contribution in [0.2, 0.25) is 0 Å². The summed E-state index contributed by atoms with van der Waals surface area (Å²) in [5.41, 5.74) is 5.36. The van der Waals surface area contributed by atoms with Gasteiger partial charge in [0.1, 0.15) is 6.10 Å². The standard InChI is InChI=1S/C43H76NO7P/c1-3-5-7-9-11-13-15-17-19-21-22-24-26-28-30-32-34-36-43(45)51-42(41-50-52(46,47)49-39-37-44)40-48-38-35-33-31-29-27-25-23-20-18-16-14-12-10-8-6-4-2/h5,7,11-14,17-20,22,24,42H,3-4,6,8-10,15-16,21,23,25-41,44H2,1-2H3,(H,46,47)/b7-5-,13-11-,14-12-,19-17-,20-18-,24-22-. The van der Waals surface area contributed by atoms with Gasteiger partial charge in [0.15, 0.2) is 0 Å². The first-order valence-corrected chi connectivity index (χ1v) is 21.9. The van der Waals surface area contributed by atoms with Crippen LogP contribution in [0.5, 0.6) is 0 Å². The van der Waals surface area contributed by atoms with Crippen molar-refractivity contribution in [3.8, 4) is 0 Å². The summed E-state index contributed by atoms with van der Waals surface area (Å²) in [6.45, 7) is 4.70. The zero-order valence-corrected chi connectivity index (χ0v) is 33.9. The molecule has 8 nitrogen and oxygen atoms in total. The van der Waals surface area contributed by atoms with Crippen LogP contribution in [0.1, 0.15) is 155 Å². The van der Waals surface area contributed by atoms with Gasteiger partial charge in [0.25, 0.3) is 0 Å². The molecule has 3 N–H and O–H groups in total. The van der Waals surface area contributed by atoms with E-state index in [2.05, 4.69) is 86.8 Å². The third kappa shape index (κ3) is 39.2. The van der Waals surface area contributed by atoms with E-state index in [1.807, 2.05) is 0 Å². The lowest BCUT2D eigenvalue weighted by molar-refractivity contribution is -0.154. The van der Waals surface area contributed by atoms with Crippen LogP contribution in [0.15, 0.2) is 72.9 Å². The quantitative estimate of drug-likeness (QED) is 0.0277. The van der Waals surface area contributed by atoms with E-state index in [-0.39, 0.29) is 38.8 Å². The first kappa shape index (κ1) is 49.9. The van der Waals surface area contributed by atoms with E-state index in [1.54, 1.807) is 0 Å². The fourth-order valence-electron chi connectivity index (χ4n) is 5.13. The van der Waals surface area contributed by atoms with Crippen molar-refractivity contribution in [3.05, 3.63) is 72.9 Å². The number of hydrogen-bond donors (Lipinski definition) is 2. The van der Waals surface area contributed by atoms with E-state index in [1.165, 1.54) is 44.9 Å². The van der Waals surface area contributed by atoms with Crippen molar-refractivity contribution in [2.45, 2.75) is 161 Å². The Bertz CT molecular complexity index is 1020. The fourth-order valence-corrected chi connectivity index (χ4v) is 5.90. The molecule has 52 heavy (non-hydrogen) atoms. The summed E-state index contributed by atoms with van der Waals surface area (Å²) in [6, 6.07) is 0. The van der Waals surface area contributed by atoms with Crippen molar-refractivity contribution in [1.82, 2.24) is 0 Å². The van der Waals surface area contributed by atoms with Crippen LogP contribution in [-0.2, 0) is 27.9 Å². The molecule has 0 rings (SSSR count). The van der Waals surface area contributed by atoms with E-state index in [0.717, 1.165) is 89.9 Å². The molecule has 0 aromatic heterocycles. The Hall–Kier alpha value is -2.06. The second-order valence-corrected chi connectivity index (χ2v) is 14.6. The number of phosphoric ester groups is 1. The fraction of sp³-hybridized carbons (Fsp3) is 0.698. The minimum Gasteiger partial charge on any atom is -0.457 e. The largest absolute Gasteiger partial charge is 0.472 e. The lowest BCUT2D eigenvalue weighted by atomic mass is 10.1. The van der Waals surface area contributed by atoms with E-state index in [0.29, 0.717) is 6.61 Å². The second kappa shape index (κ2) is 40.1. The van der Waals surface area contributed by atoms with E-state index in [4.69, 9.17) is 24.3 Å². The smallest absolute Gasteiger partial charge is 0.457 e. The first-order valence-electron chi connectivity index (χ1n) is 20.4. The molecule has 0 fully saturated rings. The Morgan fingerprint density at radius 3 is 1.62 bits per heavy atom. The Kier molecular flexibility index (Phi) is 38.5. The molecule has 0 heterocycles. The Morgan fingerprint density at radius 1 is 0.596 bits per heavy atom. The monoisotopic (exact) mass is 750 g/mol. The normalized spacial score (nSPS) is 14.3. The topological polar surface area (TPSA) is 117 Å². The van der Waals surface area contributed by atoms with Gasteiger partial charge in [0, 0.05) is 19.6 Å². The third-order valence-electron chi connectivity index (χ3n) is 8.11. The van der Waals surface area contributed by atoms with Crippen molar-refractivity contribution in [1.29, 1.82) is 0 Å². The van der Waals surface area contributed by atoms with Gasteiger partial charge >= 0.3 is 13.8 Å². The van der Waals surface area contributed by atoms with Gasteiger partial charge in [-0.25, -0.2) is 4.57 Å². The number of hydrogen-bond acceptors (Lipinski definition) is 7. The molecular weight excluding hydrogens is 673 g/mol. The average molecular weight is 750 g/mol. The highest BCUT2D eigenvalue weighted by Gasteiger charge is 2.25. The summed E-state index contributed by atoms with van der Waals surface area (Å²) in [5.74, 6) is -0.361. The second-order valence-electron chi connectivity index (χ2n) is 13.1. The minimum atomic E-state index is -4.29. The zero-order valence-electron chi connectivity index (χ0n) is 33.0. The summed E-state index contributed by atoms with van der Waals surface area (Å²) >= 11 is 0. The Balaban J connectivity index is 4.15. The number of nitrogens with two attached hydrogens (primary N) is 1. The van der Waals surface area contributed by atoms with Crippen molar-refractivity contribution in [2.24, 2.45) is 5.73 Å². The van der Waals surface area contributed by atoms with Crippen molar-refractivity contribution >= 4 is 13.8 Å². The molecule has 0 aromatic carbocycles. The molecule has 0 spiro atoms. The highest BCUT2D eigenvalue weighted by molar-refractivity contribution is 7.47. The maximum Gasteiger partial charge on any atom is 0.472 e. The number of esters is 1. The predicted molar refractivity (Wildman–Crippen MR) is 219 cm³/mol. The molecule has 0 saturated carbocycles.